The van der Waals surface area contributed by atoms with Gasteiger partial charge in [0.05, 0.1) is 19.1 Å². The van der Waals surface area contributed by atoms with Gasteiger partial charge in [-0.05, 0) is 39.8 Å². The minimum atomic E-state index is -0.538. The van der Waals surface area contributed by atoms with Gasteiger partial charge in [-0.25, -0.2) is 0 Å². The molecule has 1 fully saturated rings. The zero-order valence-corrected chi connectivity index (χ0v) is 14.7. The van der Waals surface area contributed by atoms with E-state index in [0.717, 1.165) is 25.9 Å². The normalized spacial score (nSPS) is 19.4. The quantitative estimate of drug-likeness (QED) is 0.670. The molecule has 130 valence electrons. The van der Waals surface area contributed by atoms with Crippen LogP contribution in [0, 0.1) is 0 Å². The highest BCUT2D eigenvalue weighted by atomic mass is 35.5. The number of rotatable bonds is 8. The van der Waals surface area contributed by atoms with Gasteiger partial charge in [-0.1, -0.05) is 6.92 Å². The minimum absolute atomic E-state index is 0. The van der Waals surface area contributed by atoms with Gasteiger partial charge in [0.2, 0.25) is 5.91 Å². The molecule has 0 bridgehead atoms. The Bertz CT molecular complexity index is 353. The molecule has 0 spiro atoms. The van der Waals surface area contributed by atoms with Crippen LogP contribution in [-0.4, -0.2) is 66.5 Å². The van der Waals surface area contributed by atoms with Gasteiger partial charge in [0.25, 0.3) is 0 Å². The summed E-state index contributed by atoms with van der Waals surface area (Å²) in [5.41, 5.74) is 5.72. The summed E-state index contributed by atoms with van der Waals surface area (Å²) in [6.07, 6.45) is 2.48. The standard InChI is InChI=1S/C15H29N3O3.ClH/c1-4-17-9-6-7-13(17)11-18(15(20)12(3)16)10-8-14(19)21-5-2;/h12-13H,4-11,16H2,1-3H3;1H/t12-,13?;/m1./s1. The number of nitrogens with two attached hydrogens (primary N) is 1. The molecule has 1 amide bonds. The van der Waals surface area contributed by atoms with E-state index in [4.69, 9.17) is 10.5 Å². The molecule has 0 aromatic carbocycles. The lowest BCUT2D eigenvalue weighted by Crippen LogP contribution is -2.48. The van der Waals surface area contributed by atoms with E-state index in [-0.39, 0.29) is 30.7 Å². The minimum Gasteiger partial charge on any atom is -0.466 e. The Balaban J connectivity index is 0.00000441. The average molecular weight is 336 g/mol. The third-order valence-electron chi connectivity index (χ3n) is 3.93. The summed E-state index contributed by atoms with van der Waals surface area (Å²) in [6.45, 7) is 9.07. The first-order valence-electron chi connectivity index (χ1n) is 7.93. The van der Waals surface area contributed by atoms with Crippen LogP contribution >= 0.6 is 12.4 Å². The Morgan fingerprint density at radius 1 is 1.41 bits per heavy atom. The largest absolute Gasteiger partial charge is 0.466 e. The van der Waals surface area contributed by atoms with Crippen molar-refractivity contribution in [2.24, 2.45) is 5.73 Å². The van der Waals surface area contributed by atoms with Crippen molar-refractivity contribution in [3.8, 4) is 0 Å². The van der Waals surface area contributed by atoms with Gasteiger partial charge in [0, 0.05) is 19.1 Å². The third-order valence-corrected chi connectivity index (χ3v) is 3.93. The van der Waals surface area contributed by atoms with Crippen LogP contribution in [0.2, 0.25) is 0 Å². The highest BCUT2D eigenvalue weighted by Crippen LogP contribution is 2.18. The molecule has 2 atom stereocenters. The maximum atomic E-state index is 12.2. The smallest absolute Gasteiger partial charge is 0.307 e. The summed E-state index contributed by atoms with van der Waals surface area (Å²) in [5, 5.41) is 0. The molecule has 2 N–H and O–H groups in total. The first-order valence-corrected chi connectivity index (χ1v) is 7.93. The topological polar surface area (TPSA) is 75.9 Å². The van der Waals surface area contributed by atoms with E-state index in [0.29, 0.717) is 25.7 Å². The monoisotopic (exact) mass is 335 g/mol. The predicted octanol–water partition coefficient (Wildman–Crippen LogP) is 1.02. The number of amides is 1. The summed E-state index contributed by atoms with van der Waals surface area (Å²) in [6, 6.07) is -0.163. The van der Waals surface area contributed by atoms with Gasteiger partial charge in [-0.3, -0.25) is 14.5 Å². The molecule has 1 saturated heterocycles. The van der Waals surface area contributed by atoms with Crippen molar-refractivity contribution in [3.05, 3.63) is 0 Å². The molecule has 22 heavy (non-hydrogen) atoms. The number of carbonyl (C=O) groups is 2. The Morgan fingerprint density at radius 2 is 2.09 bits per heavy atom. The number of halogens is 1. The molecule has 6 nitrogen and oxygen atoms in total. The van der Waals surface area contributed by atoms with Crippen LogP contribution in [0.25, 0.3) is 0 Å². The molecule has 0 aliphatic carbocycles. The zero-order chi connectivity index (χ0) is 15.8. The van der Waals surface area contributed by atoms with Crippen LogP contribution in [0.5, 0.6) is 0 Å². The van der Waals surface area contributed by atoms with E-state index in [1.165, 1.54) is 0 Å². The lowest BCUT2D eigenvalue weighted by Gasteiger charge is -2.31. The number of hydrogen-bond acceptors (Lipinski definition) is 5. The number of ether oxygens (including phenoxy) is 1. The van der Waals surface area contributed by atoms with Crippen LogP contribution in [0.15, 0.2) is 0 Å². The summed E-state index contributed by atoms with van der Waals surface area (Å²) < 4.78 is 4.93. The summed E-state index contributed by atoms with van der Waals surface area (Å²) in [7, 11) is 0. The molecular weight excluding hydrogens is 306 g/mol. The molecule has 1 aliphatic heterocycles. The number of likely N-dealkylation sites (tertiary alicyclic amines) is 1. The molecule has 1 unspecified atom stereocenters. The fourth-order valence-corrected chi connectivity index (χ4v) is 2.81. The molecule has 0 aromatic rings. The lowest BCUT2D eigenvalue weighted by molar-refractivity contribution is -0.144. The lowest BCUT2D eigenvalue weighted by atomic mass is 10.1. The first-order chi connectivity index (χ1) is 9.99. The van der Waals surface area contributed by atoms with Gasteiger partial charge in [-0.2, -0.15) is 0 Å². The van der Waals surface area contributed by atoms with Crippen molar-refractivity contribution in [3.63, 3.8) is 0 Å². The van der Waals surface area contributed by atoms with Crippen molar-refractivity contribution in [2.75, 3.05) is 32.8 Å². The molecule has 0 saturated carbocycles. The van der Waals surface area contributed by atoms with E-state index in [1.54, 1.807) is 18.7 Å². The van der Waals surface area contributed by atoms with E-state index >= 15 is 0 Å². The second-order valence-electron chi connectivity index (χ2n) is 5.55. The highest BCUT2D eigenvalue weighted by molar-refractivity contribution is 5.85. The Kier molecular flexibility index (Phi) is 10.4. The fraction of sp³-hybridized carbons (Fsp3) is 0.867. The molecule has 1 rings (SSSR count). The molecule has 0 radical (unpaired) electrons. The zero-order valence-electron chi connectivity index (χ0n) is 13.9. The van der Waals surface area contributed by atoms with E-state index in [2.05, 4.69) is 11.8 Å². The van der Waals surface area contributed by atoms with Crippen LogP contribution < -0.4 is 5.73 Å². The molecule has 7 heteroatoms. The Hall–Kier alpha value is -0.850. The van der Waals surface area contributed by atoms with Crippen LogP contribution in [0.3, 0.4) is 0 Å². The second kappa shape index (κ2) is 10.8. The molecule has 1 aliphatic rings. The second-order valence-corrected chi connectivity index (χ2v) is 5.55. The van der Waals surface area contributed by atoms with Gasteiger partial charge >= 0.3 is 5.97 Å². The first kappa shape index (κ1) is 21.1. The Labute approximate surface area is 139 Å². The van der Waals surface area contributed by atoms with Crippen molar-refractivity contribution in [1.29, 1.82) is 0 Å². The van der Waals surface area contributed by atoms with Gasteiger partial charge in [-0.15, -0.1) is 12.4 Å². The molecular formula is C15H30ClN3O3. The summed E-state index contributed by atoms with van der Waals surface area (Å²) in [5.74, 6) is -0.360. The maximum Gasteiger partial charge on any atom is 0.307 e. The number of esters is 1. The van der Waals surface area contributed by atoms with Gasteiger partial charge in [0.15, 0.2) is 0 Å². The van der Waals surface area contributed by atoms with Crippen molar-refractivity contribution in [2.45, 2.75) is 52.1 Å². The van der Waals surface area contributed by atoms with E-state index < -0.39 is 6.04 Å². The SMILES string of the molecule is CCOC(=O)CCN(CC1CCCN1CC)C(=O)[C@@H](C)N.Cl. The van der Waals surface area contributed by atoms with E-state index in [9.17, 15) is 9.59 Å². The number of likely N-dealkylation sites (N-methyl/N-ethyl adjacent to an activating group) is 1. The average Bonchev–Trinajstić information content (AvgIpc) is 2.89. The number of hydrogen-bond donors (Lipinski definition) is 1. The van der Waals surface area contributed by atoms with Crippen molar-refractivity contribution < 1.29 is 14.3 Å². The predicted molar refractivity (Wildman–Crippen MR) is 89.0 cm³/mol. The maximum absolute atomic E-state index is 12.2. The van der Waals surface area contributed by atoms with Crippen LogP contribution in [-0.2, 0) is 14.3 Å². The summed E-state index contributed by atoms with van der Waals surface area (Å²) in [4.78, 5) is 27.8. The fourth-order valence-electron chi connectivity index (χ4n) is 2.81. The molecule has 1 heterocycles. The Morgan fingerprint density at radius 3 is 2.64 bits per heavy atom. The third kappa shape index (κ3) is 6.50. The number of nitrogens with zero attached hydrogens (tertiary/aromatic N) is 2. The highest BCUT2D eigenvalue weighted by Gasteiger charge is 2.28. The summed E-state index contributed by atoms with van der Waals surface area (Å²) >= 11 is 0. The van der Waals surface area contributed by atoms with Gasteiger partial charge in [0.1, 0.15) is 0 Å². The van der Waals surface area contributed by atoms with Crippen molar-refractivity contribution >= 4 is 24.3 Å². The molecule has 0 aromatic heterocycles. The van der Waals surface area contributed by atoms with Gasteiger partial charge < -0.3 is 15.4 Å². The number of carbonyl (C=O) groups excluding carboxylic acids is 2. The van der Waals surface area contributed by atoms with Crippen LogP contribution in [0.4, 0.5) is 0 Å². The van der Waals surface area contributed by atoms with Crippen molar-refractivity contribution in [1.82, 2.24) is 9.80 Å². The van der Waals surface area contributed by atoms with E-state index in [1.807, 2.05) is 0 Å². The van der Waals surface area contributed by atoms with Crippen LogP contribution in [0.1, 0.15) is 40.0 Å².